The average Bonchev–Trinajstić information content (AvgIpc) is 3.40. The number of carbonyl (C=O) groups excluding carboxylic acids is 1. The minimum absolute atomic E-state index is 0.111. The maximum absolute atomic E-state index is 13.2. The molecule has 6 rings (SSSR count). The predicted octanol–water partition coefficient (Wildman–Crippen LogP) is 3.19. The van der Waals surface area contributed by atoms with Crippen molar-refractivity contribution in [1.29, 1.82) is 0 Å². The molecule has 0 unspecified atom stereocenters. The molecule has 5 heterocycles. The lowest BCUT2D eigenvalue weighted by Gasteiger charge is -2.38. The molecule has 2 aliphatic rings. The van der Waals surface area contributed by atoms with Crippen LogP contribution in [0, 0.1) is 5.95 Å². The third kappa shape index (κ3) is 4.04. The van der Waals surface area contributed by atoms with E-state index in [1.165, 1.54) is 25.1 Å². The molecule has 0 spiro atoms. The molecule has 2 N–H and O–H groups in total. The summed E-state index contributed by atoms with van der Waals surface area (Å²) in [7, 11) is 0. The van der Waals surface area contributed by atoms with E-state index in [1.807, 2.05) is 29.4 Å². The van der Waals surface area contributed by atoms with E-state index in [-0.39, 0.29) is 12.3 Å². The number of aromatic nitrogens is 6. The molecule has 0 radical (unpaired) electrons. The quantitative estimate of drug-likeness (QED) is 0.425. The van der Waals surface area contributed by atoms with Gasteiger partial charge in [-0.15, -0.1) is 5.10 Å². The van der Waals surface area contributed by atoms with Crippen molar-refractivity contribution < 1.29 is 9.18 Å². The van der Waals surface area contributed by atoms with Crippen molar-refractivity contribution >= 4 is 29.0 Å². The summed E-state index contributed by atoms with van der Waals surface area (Å²) in [5, 5.41) is 19.0. The van der Waals surface area contributed by atoms with Gasteiger partial charge in [-0.2, -0.15) is 14.5 Å². The van der Waals surface area contributed by atoms with Crippen LogP contribution in [0.2, 0.25) is 0 Å². The molecule has 4 aromatic rings. The average molecular weight is 462 g/mol. The summed E-state index contributed by atoms with van der Waals surface area (Å²) in [5.41, 5.74) is 2.60. The minimum Gasteiger partial charge on any atom is -0.322 e. The van der Waals surface area contributed by atoms with Crippen molar-refractivity contribution in [3.8, 4) is 0 Å². The fourth-order valence-electron chi connectivity index (χ4n) is 4.26. The molecule has 10 nitrogen and oxygen atoms in total. The first-order valence-corrected chi connectivity index (χ1v) is 11.5. The lowest BCUT2D eigenvalue weighted by molar-refractivity contribution is -0.132. The van der Waals surface area contributed by atoms with E-state index in [0.717, 1.165) is 24.1 Å². The van der Waals surface area contributed by atoms with Crippen LogP contribution >= 0.6 is 0 Å². The molecule has 1 aliphatic carbocycles. The number of fused-ring (bicyclic) bond motifs is 1. The molecule has 174 valence electrons. The molecule has 1 saturated carbocycles. The molecule has 1 saturated heterocycles. The summed E-state index contributed by atoms with van der Waals surface area (Å²) in [4.78, 5) is 21.6. The number of nitrogens with one attached hydrogen (secondary N) is 2. The summed E-state index contributed by atoms with van der Waals surface area (Å²) in [6.45, 7) is 1.18. The summed E-state index contributed by atoms with van der Waals surface area (Å²) in [6.07, 6.45) is 7.56. The van der Waals surface area contributed by atoms with Gasteiger partial charge in [-0.3, -0.25) is 14.9 Å². The third-order valence-electron chi connectivity index (χ3n) is 6.19. The molecule has 2 fully saturated rings. The van der Waals surface area contributed by atoms with Gasteiger partial charge in [-0.05, 0) is 49.4 Å². The van der Waals surface area contributed by atoms with Crippen LogP contribution in [-0.2, 0) is 11.2 Å². The Balaban J connectivity index is 1.29. The first kappa shape index (κ1) is 20.6. The van der Waals surface area contributed by atoms with Gasteiger partial charge < -0.3 is 5.32 Å². The first-order chi connectivity index (χ1) is 16.6. The van der Waals surface area contributed by atoms with Gasteiger partial charge in [0.05, 0.1) is 6.42 Å². The maximum Gasteiger partial charge on any atom is 0.264 e. The largest absolute Gasteiger partial charge is 0.322 e. The van der Waals surface area contributed by atoms with Crippen molar-refractivity contribution in [2.45, 2.75) is 38.0 Å². The van der Waals surface area contributed by atoms with E-state index in [4.69, 9.17) is 4.98 Å². The molecule has 1 amide bonds. The van der Waals surface area contributed by atoms with Gasteiger partial charge in [-0.25, -0.2) is 14.5 Å². The molecule has 0 atom stereocenters. The number of aromatic amines is 1. The summed E-state index contributed by atoms with van der Waals surface area (Å²) in [6, 6.07) is 8.70. The van der Waals surface area contributed by atoms with Gasteiger partial charge in [0, 0.05) is 43.2 Å². The maximum atomic E-state index is 13.2. The molecule has 4 aromatic heterocycles. The number of rotatable bonds is 6. The number of hydrazine groups is 1. The Kier molecular flexibility index (Phi) is 5.08. The Morgan fingerprint density at radius 2 is 2.09 bits per heavy atom. The second-order valence-corrected chi connectivity index (χ2v) is 8.72. The highest BCUT2D eigenvalue weighted by atomic mass is 19.1. The Morgan fingerprint density at radius 3 is 2.91 bits per heavy atom. The van der Waals surface area contributed by atoms with E-state index in [0.29, 0.717) is 42.2 Å². The molecule has 0 aromatic carbocycles. The van der Waals surface area contributed by atoms with Gasteiger partial charge in [0.2, 0.25) is 11.9 Å². The highest BCUT2D eigenvalue weighted by molar-refractivity contribution is 5.80. The van der Waals surface area contributed by atoms with Crippen LogP contribution in [0.5, 0.6) is 0 Å². The van der Waals surface area contributed by atoms with Gasteiger partial charge >= 0.3 is 0 Å². The molecule has 11 heteroatoms. The number of hydrogen-bond donors (Lipinski definition) is 2. The number of hydrogen-bond acceptors (Lipinski definition) is 7. The van der Waals surface area contributed by atoms with E-state index < -0.39 is 5.95 Å². The first-order valence-electron chi connectivity index (χ1n) is 11.5. The van der Waals surface area contributed by atoms with Crippen molar-refractivity contribution in [3.63, 3.8) is 0 Å². The van der Waals surface area contributed by atoms with Crippen molar-refractivity contribution in [2.75, 3.05) is 23.4 Å². The third-order valence-corrected chi connectivity index (χ3v) is 6.19. The normalized spacial score (nSPS) is 16.3. The van der Waals surface area contributed by atoms with Crippen molar-refractivity contribution in [2.24, 2.45) is 0 Å². The number of H-pyrrole nitrogens is 1. The summed E-state index contributed by atoms with van der Waals surface area (Å²) >= 11 is 0. The van der Waals surface area contributed by atoms with E-state index in [9.17, 15) is 9.18 Å². The van der Waals surface area contributed by atoms with Crippen LogP contribution in [0.4, 0.5) is 22.0 Å². The number of carbonyl (C=O) groups is 1. The van der Waals surface area contributed by atoms with Gasteiger partial charge in [0.25, 0.3) is 5.95 Å². The van der Waals surface area contributed by atoms with E-state index in [1.54, 1.807) is 15.6 Å². The van der Waals surface area contributed by atoms with Crippen LogP contribution in [0.1, 0.15) is 42.9 Å². The molecular formula is C23H24FN9O. The van der Waals surface area contributed by atoms with Crippen LogP contribution in [0.3, 0.4) is 0 Å². The number of anilines is 3. The van der Waals surface area contributed by atoms with Crippen LogP contribution in [0.25, 0.3) is 5.52 Å². The number of pyridine rings is 1. The fourth-order valence-corrected chi connectivity index (χ4v) is 4.26. The standard InChI is InChI=1S/C23H24FN9O/c24-19-8-5-15(14-25-19)12-21(34)32-10-1-2-11-33(32)23-27-22(18-4-3-9-31(18)30-23)26-20-13-17(28-29-20)16-6-7-16/h3-5,8-9,13-14,16H,1-2,6-7,10-12H2,(H2,26,27,28,29,30). The number of halogens is 1. The Bertz CT molecular complexity index is 1330. The smallest absolute Gasteiger partial charge is 0.264 e. The van der Waals surface area contributed by atoms with Crippen molar-refractivity contribution in [3.05, 3.63) is 59.9 Å². The van der Waals surface area contributed by atoms with E-state index >= 15 is 0 Å². The topological polar surface area (TPSA) is 107 Å². The zero-order valence-electron chi connectivity index (χ0n) is 18.5. The lowest BCUT2D eigenvalue weighted by atomic mass is 10.2. The van der Waals surface area contributed by atoms with Gasteiger partial charge in [0.1, 0.15) is 5.52 Å². The van der Waals surface area contributed by atoms with Crippen LogP contribution < -0.4 is 10.3 Å². The highest BCUT2D eigenvalue weighted by Crippen LogP contribution is 2.39. The second-order valence-electron chi connectivity index (χ2n) is 8.72. The van der Waals surface area contributed by atoms with Crippen molar-refractivity contribution in [1.82, 2.24) is 34.8 Å². The lowest BCUT2D eigenvalue weighted by Crippen LogP contribution is -2.52. The molecule has 1 aliphatic heterocycles. The minimum atomic E-state index is -0.564. The Labute approximate surface area is 194 Å². The van der Waals surface area contributed by atoms with Gasteiger partial charge in [0.15, 0.2) is 11.6 Å². The highest BCUT2D eigenvalue weighted by Gasteiger charge is 2.29. The second kappa shape index (κ2) is 8.40. The van der Waals surface area contributed by atoms with Crippen LogP contribution in [-0.4, -0.2) is 53.8 Å². The monoisotopic (exact) mass is 461 g/mol. The Morgan fingerprint density at radius 1 is 1.21 bits per heavy atom. The van der Waals surface area contributed by atoms with E-state index in [2.05, 4.69) is 25.6 Å². The summed E-state index contributed by atoms with van der Waals surface area (Å²) in [5.74, 6) is 1.64. The molecular weight excluding hydrogens is 437 g/mol. The number of nitrogens with zero attached hydrogens (tertiary/aromatic N) is 7. The molecule has 34 heavy (non-hydrogen) atoms. The SMILES string of the molecule is O=C(Cc1ccc(F)nc1)N1CCCCN1c1nc(Nc2cc(C3CC3)[nH]n2)c2cccn2n1. The zero-order chi connectivity index (χ0) is 23.1. The molecule has 0 bridgehead atoms. The Hall–Kier alpha value is -4.02. The van der Waals surface area contributed by atoms with Gasteiger partial charge in [-0.1, -0.05) is 6.07 Å². The predicted molar refractivity (Wildman–Crippen MR) is 123 cm³/mol. The van der Waals surface area contributed by atoms with Crippen LogP contribution in [0.15, 0.2) is 42.7 Å². The summed E-state index contributed by atoms with van der Waals surface area (Å²) < 4.78 is 14.9. The number of amides is 1. The zero-order valence-corrected chi connectivity index (χ0v) is 18.5. The fraction of sp³-hybridized carbons (Fsp3) is 0.348.